The van der Waals surface area contributed by atoms with Crippen molar-refractivity contribution in [3.63, 3.8) is 0 Å². The molecule has 0 saturated heterocycles. The topological polar surface area (TPSA) is 84.7 Å². The minimum absolute atomic E-state index is 0. The molecule has 3 aromatic rings. The maximum atomic E-state index is 14.5. The molecule has 3 rings (SSSR count). The number of halogens is 3. The van der Waals surface area contributed by atoms with E-state index in [1.807, 2.05) is 6.07 Å². The van der Waals surface area contributed by atoms with E-state index in [2.05, 4.69) is 4.98 Å². The second kappa shape index (κ2) is 8.74. The maximum absolute atomic E-state index is 14.5. The molecular weight excluding hydrogens is 386 g/mol. The Morgan fingerprint density at radius 1 is 1.32 bits per heavy atom. The van der Waals surface area contributed by atoms with Gasteiger partial charge >= 0.3 is 0 Å². The molecule has 28 heavy (non-hydrogen) atoms. The third-order valence-electron chi connectivity index (χ3n) is 4.18. The summed E-state index contributed by atoms with van der Waals surface area (Å²) in [5.74, 6) is -1.19. The van der Waals surface area contributed by atoms with E-state index >= 15 is 0 Å². The first-order chi connectivity index (χ1) is 12.9. The van der Waals surface area contributed by atoms with Gasteiger partial charge in [0.2, 0.25) is 0 Å². The fourth-order valence-electron chi connectivity index (χ4n) is 2.87. The summed E-state index contributed by atoms with van der Waals surface area (Å²) >= 11 is 0. The average Bonchev–Trinajstić information content (AvgIpc) is 3.04. The fraction of sp³-hybridized carbons (Fsp3) is 0.150. The van der Waals surface area contributed by atoms with Gasteiger partial charge in [0.05, 0.1) is 35.5 Å². The zero-order chi connectivity index (χ0) is 19.6. The van der Waals surface area contributed by atoms with Crippen molar-refractivity contribution in [2.24, 2.45) is 5.73 Å². The van der Waals surface area contributed by atoms with Crippen LogP contribution >= 0.6 is 12.4 Å². The lowest BCUT2D eigenvalue weighted by molar-refractivity contribution is 0.101. The molecule has 1 aromatic heterocycles. The van der Waals surface area contributed by atoms with Crippen LogP contribution in [-0.2, 0) is 6.54 Å². The first kappa shape index (κ1) is 21.2. The molecule has 1 heterocycles. The Hall–Kier alpha value is -3.08. The number of ketones is 1. The first-order valence-electron chi connectivity index (χ1n) is 8.19. The molecule has 0 amide bonds. The summed E-state index contributed by atoms with van der Waals surface area (Å²) in [7, 11) is 0. The number of benzene rings is 2. The van der Waals surface area contributed by atoms with Gasteiger partial charge in [-0.25, -0.2) is 13.8 Å². The van der Waals surface area contributed by atoms with E-state index < -0.39 is 11.6 Å². The lowest BCUT2D eigenvalue weighted by Crippen LogP contribution is -2.01. The predicted molar refractivity (Wildman–Crippen MR) is 105 cm³/mol. The van der Waals surface area contributed by atoms with Crippen LogP contribution in [0.3, 0.4) is 0 Å². The van der Waals surface area contributed by atoms with E-state index in [1.165, 1.54) is 48.2 Å². The van der Waals surface area contributed by atoms with Crippen molar-refractivity contribution in [3.8, 4) is 17.2 Å². The van der Waals surface area contributed by atoms with Crippen LogP contribution in [0.25, 0.3) is 22.2 Å². The lowest BCUT2D eigenvalue weighted by Gasteiger charge is -2.09. The van der Waals surface area contributed by atoms with Crippen LogP contribution in [0, 0.1) is 17.1 Å². The zero-order valence-electron chi connectivity index (χ0n) is 14.9. The Morgan fingerprint density at radius 3 is 2.71 bits per heavy atom. The number of nitriles is 1. The van der Waals surface area contributed by atoms with Crippen LogP contribution in [0.4, 0.5) is 8.78 Å². The Bertz CT molecular complexity index is 1120. The number of aromatic nitrogens is 2. The monoisotopic (exact) mass is 402 g/mol. The number of carbonyl (C=O) groups excluding carboxylic acids is 1. The second-order valence-electron chi connectivity index (χ2n) is 6.01. The highest BCUT2D eigenvalue weighted by atomic mass is 35.5. The van der Waals surface area contributed by atoms with Crippen LogP contribution in [0.15, 0.2) is 48.6 Å². The molecule has 0 aliphatic heterocycles. The third kappa shape index (κ3) is 4.09. The maximum Gasteiger partial charge on any atom is 0.159 e. The highest BCUT2D eigenvalue weighted by molar-refractivity contribution is 5.98. The molecule has 0 radical (unpaired) electrons. The number of imidazole rings is 1. The summed E-state index contributed by atoms with van der Waals surface area (Å²) in [6, 6.07) is 9.13. The number of rotatable bonds is 5. The SMILES string of the molecule is CC(=O)c1ccc(F)c(-c2cc(C#N)cc3c2ncn3C/C(F)=C/CN)c1.Cl. The molecule has 0 spiro atoms. The lowest BCUT2D eigenvalue weighted by atomic mass is 9.98. The summed E-state index contributed by atoms with van der Waals surface area (Å²) in [6.45, 7) is 1.35. The molecule has 0 fully saturated rings. The summed E-state index contributed by atoms with van der Waals surface area (Å²) in [5.41, 5.74) is 7.36. The normalized spacial score (nSPS) is 11.2. The summed E-state index contributed by atoms with van der Waals surface area (Å²) < 4.78 is 29.9. The van der Waals surface area contributed by atoms with Gasteiger partial charge in [0, 0.05) is 23.2 Å². The number of carbonyl (C=O) groups is 1. The van der Waals surface area contributed by atoms with Crippen LogP contribution in [0.5, 0.6) is 0 Å². The van der Waals surface area contributed by atoms with Gasteiger partial charge in [0.15, 0.2) is 5.78 Å². The number of Topliss-reactive ketones (excluding diaryl/α,β-unsaturated/α-hetero) is 1. The van der Waals surface area contributed by atoms with Gasteiger partial charge in [-0.3, -0.25) is 4.79 Å². The van der Waals surface area contributed by atoms with Crippen molar-refractivity contribution in [1.29, 1.82) is 5.26 Å². The van der Waals surface area contributed by atoms with Crippen molar-refractivity contribution in [3.05, 3.63) is 65.5 Å². The third-order valence-corrected chi connectivity index (χ3v) is 4.18. The molecule has 144 valence electrons. The van der Waals surface area contributed by atoms with Gasteiger partial charge in [0.1, 0.15) is 11.6 Å². The van der Waals surface area contributed by atoms with Gasteiger partial charge < -0.3 is 10.3 Å². The van der Waals surface area contributed by atoms with Crippen LogP contribution in [0.1, 0.15) is 22.8 Å². The van der Waals surface area contributed by atoms with Crippen molar-refractivity contribution in [2.75, 3.05) is 6.54 Å². The van der Waals surface area contributed by atoms with Gasteiger partial charge in [-0.05, 0) is 43.3 Å². The van der Waals surface area contributed by atoms with Gasteiger partial charge in [-0.1, -0.05) is 0 Å². The Morgan fingerprint density at radius 2 is 2.07 bits per heavy atom. The van der Waals surface area contributed by atoms with Crippen LogP contribution < -0.4 is 5.73 Å². The molecule has 0 aliphatic rings. The number of hydrogen-bond donors (Lipinski definition) is 1. The van der Waals surface area contributed by atoms with E-state index in [-0.39, 0.29) is 42.4 Å². The van der Waals surface area contributed by atoms with Gasteiger partial charge in [0.25, 0.3) is 0 Å². The first-order valence-corrected chi connectivity index (χ1v) is 8.19. The van der Waals surface area contributed by atoms with Gasteiger partial charge in [-0.2, -0.15) is 5.26 Å². The molecule has 0 saturated carbocycles. The standard InChI is InChI=1S/C20H16F2N4O.ClH/c1-12(27)14-2-3-18(22)16(8-14)17-6-13(9-24)7-19-20(17)25-11-26(19)10-15(21)4-5-23;/h2-4,6-8,11H,5,10,23H2,1H3;1H/b15-4-;. The molecular formula is C20H17ClF2N4O. The molecule has 0 atom stereocenters. The van der Waals surface area contributed by atoms with E-state index in [4.69, 9.17) is 5.73 Å². The number of hydrogen-bond acceptors (Lipinski definition) is 4. The van der Waals surface area contributed by atoms with Crippen molar-refractivity contribution in [1.82, 2.24) is 9.55 Å². The van der Waals surface area contributed by atoms with E-state index in [1.54, 1.807) is 6.07 Å². The number of nitrogens with two attached hydrogens (primary N) is 1. The van der Waals surface area contributed by atoms with Crippen molar-refractivity contribution >= 4 is 29.2 Å². The molecule has 8 heteroatoms. The van der Waals surface area contributed by atoms with E-state index in [0.29, 0.717) is 22.2 Å². The van der Waals surface area contributed by atoms with E-state index in [9.17, 15) is 18.8 Å². The smallest absolute Gasteiger partial charge is 0.159 e. The zero-order valence-corrected chi connectivity index (χ0v) is 15.8. The minimum Gasteiger partial charge on any atom is -0.327 e. The Balaban J connectivity index is 0.00000280. The molecule has 0 bridgehead atoms. The predicted octanol–water partition coefficient (Wildman–Crippen LogP) is 4.15. The van der Waals surface area contributed by atoms with E-state index in [0.717, 1.165) is 0 Å². The summed E-state index contributed by atoms with van der Waals surface area (Å²) in [6.07, 6.45) is 2.67. The average molecular weight is 403 g/mol. The summed E-state index contributed by atoms with van der Waals surface area (Å²) in [5, 5.41) is 9.35. The van der Waals surface area contributed by atoms with Crippen molar-refractivity contribution in [2.45, 2.75) is 13.5 Å². The molecule has 2 N–H and O–H groups in total. The highest BCUT2D eigenvalue weighted by Gasteiger charge is 2.16. The van der Waals surface area contributed by atoms with Crippen molar-refractivity contribution < 1.29 is 13.6 Å². The minimum atomic E-state index is -0.542. The fourth-order valence-corrected chi connectivity index (χ4v) is 2.87. The second-order valence-corrected chi connectivity index (χ2v) is 6.01. The molecule has 0 aliphatic carbocycles. The Labute approximate surface area is 166 Å². The molecule has 2 aromatic carbocycles. The quantitative estimate of drug-likeness (QED) is 0.649. The number of allylic oxidation sites excluding steroid dienone is 1. The Kier molecular flexibility index (Phi) is 6.62. The molecule has 0 unspecified atom stereocenters. The highest BCUT2D eigenvalue weighted by Crippen LogP contribution is 2.32. The largest absolute Gasteiger partial charge is 0.327 e. The van der Waals surface area contributed by atoms with Gasteiger partial charge in [-0.15, -0.1) is 12.4 Å². The van der Waals surface area contributed by atoms with Crippen LogP contribution in [-0.4, -0.2) is 21.9 Å². The number of fused-ring (bicyclic) bond motifs is 1. The van der Waals surface area contributed by atoms with Crippen LogP contribution in [0.2, 0.25) is 0 Å². The summed E-state index contributed by atoms with van der Waals surface area (Å²) in [4.78, 5) is 15.9. The number of nitrogens with zero attached hydrogens (tertiary/aromatic N) is 3. The molecule has 5 nitrogen and oxygen atoms in total.